The zero-order valence-corrected chi connectivity index (χ0v) is 57.7. The number of amides is 1. The maximum atomic E-state index is 13.1. The molecule has 9 heteroatoms. The first-order chi connectivity index (χ1) is 42.0. The molecule has 0 aliphatic heterocycles. The van der Waals surface area contributed by atoms with E-state index in [-0.39, 0.29) is 19.1 Å². The fourth-order valence-corrected chi connectivity index (χ4v) is 10.9. The molecule has 0 aromatic rings. The van der Waals surface area contributed by atoms with Gasteiger partial charge in [-0.15, -0.1) is 0 Å². The highest BCUT2D eigenvalue weighted by atomic mass is 31.2. The molecule has 496 valence electrons. The van der Waals surface area contributed by atoms with Gasteiger partial charge in [0.2, 0.25) is 5.91 Å². The van der Waals surface area contributed by atoms with E-state index in [9.17, 15) is 19.4 Å². The van der Waals surface area contributed by atoms with Crippen molar-refractivity contribution in [2.45, 2.75) is 321 Å². The highest BCUT2D eigenvalue weighted by Crippen LogP contribution is 2.43. The summed E-state index contributed by atoms with van der Waals surface area (Å²) in [4.78, 5) is 23.4. The Labute approximate surface area is 533 Å². The maximum Gasteiger partial charge on any atom is 0.472 e. The van der Waals surface area contributed by atoms with E-state index in [0.717, 1.165) is 103 Å². The third-order valence-electron chi connectivity index (χ3n) is 15.7. The molecule has 0 fully saturated rings. The number of rotatable bonds is 65. The van der Waals surface area contributed by atoms with Crippen LogP contribution in [0.1, 0.15) is 309 Å². The number of likely N-dealkylation sites (N-methyl/N-ethyl adjacent to an activating group) is 1. The minimum absolute atomic E-state index is 0.0487. The van der Waals surface area contributed by atoms with Gasteiger partial charge in [0.05, 0.1) is 39.9 Å². The van der Waals surface area contributed by atoms with Crippen molar-refractivity contribution in [1.29, 1.82) is 0 Å². The summed E-state index contributed by atoms with van der Waals surface area (Å²) in [6.07, 6.45) is 99.3. The second-order valence-electron chi connectivity index (χ2n) is 25.2. The van der Waals surface area contributed by atoms with Gasteiger partial charge in [0.25, 0.3) is 0 Å². The number of nitrogens with zero attached hydrogens (tertiary/aromatic N) is 1. The van der Waals surface area contributed by atoms with Crippen LogP contribution < -0.4 is 5.32 Å². The molecule has 0 spiro atoms. The number of phosphoric acid groups is 1. The molecule has 0 radical (unpaired) electrons. The van der Waals surface area contributed by atoms with Crippen LogP contribution in [0.25, 0.3) is 0 Å². The minimum atomic E-state index is -4.37. The van der Waals surface area contributed by atoms with Gasteiger partial charge in [-0.3, -0.25) is 13.8 Å². The van der Waals surface area contributed by atoms with Crippen LogP contribution >= 0.6 is 7.82 Å². The topological polar surface area (TPSA) is 105 Å². The van der Waals surface area contributed by atoms with E-state index in [4.69, 9.17) is 9.05 Å². The van der Waals surface area contributed by atoms with E-state index in [2.05, 4.69) is 129 Å². The largest absolute Gasteiger partial charge is 0.472 e. The molecule has 8 nitrogen and oxygen atoms in total. The number of carbonyl (C=O) groups is 1. The number of hydrogen-bond acceptors (Lipinski definition) is 5. The molecule has 1 amide bonds. The van der Waals surface area contributed by atoms with E-state index >= 15 is 0 Å². The monoisotopic (exact) mass is 1220 g/mol. The Morgan fingerprint density at radius 1 is 0.407 bits per heavy atom. The summed E-state index contributed by atoms with van der Waals surface area (Å²) in [5.74, 6) is -0.197. The lowest BCUT2D eigenvalue weighted by Gasteiger charge is -2.25. The molecule has 3 unspecified atom stereocenters. The molecule has 86 heavy (non-hydrogen) atoms. The summed E-state index contributed by atoms with van der Waals surface area (Å²) in [5, 5.41) is 14.0. The highest BCUT2D eigenvalue weighted by Gasteiger charge is 2.28. The molecule has 0 aromatic carbocycles. The lowest BCUT2D eigenvalue weighted by Crippen LogP contribution is -2.45. The van der Waals surface area contributed by atoms with Gasteiger partial charge in [-0.25, -0.2) is 4.57 Å². The SMILES string of the molecule is CC/C=C\C/C=C\C/C=C\C/C=C\C/C=C\C/C=C\C/C=C\C/C=C\CCCCCCCCCCC(=O)NC(COP(=O)(O)OCC[N+](C)(C)C)C(O)/C=C/CC/C=C/CCCCCCCCCCCCCCCCCCCCCCCCCCC. The number of aliphatic hydroxyl groups excluding tert-OH is 1. The summed E-state index contributed by atoms with van der Waals surface area (Å²) in [7, 11) is 1.54. The summed E-state index contributed by atoms with van der Waals surface area (Å²) in [5.41, 5.74) is 0. The number of carbonyl (C=O) groups excluding carboxylic acids is 1. The average Bonchev–Trinajstić information content (AvgIpc) is 3.70. The van der Waals surface area contributed by atoms with Crippen molar-refractivity contribution in [3.63, 3.8) is 0 Å². The molecule has 0 rings (SSSR count). The predicted molar refractivity (Wildman–Crippen MR) is 378 cm³/mol. The molecule has 3 atom stereocenters. The Morgan fingerprint density at radius 2 is 0.709 bits per heavy atom. The van der Waals surface area contributed by atoms with Crippen molar-refractivity contribution in [2.24, 2.45) is 0 Å². The smallest absolute Gasteiger partial charge is 0.387 e. The Balaban J connectivity index is 4.16. The molecular weight excluding hydrogens is 1080 g/mol. The Kier molecular flexibility index (Phi) is 63.9. The van der Waals surface area contributed by atoms with Crippen LogP contribution in [0, 0.1) is 0 Å². The van der Waals surface area contributed by atoms with Gasteiger partial charge in [0.1, 0.15) is 13.2 Å². The van der Waals surface area contributed by atoms with E-state index in [1.165, 1.54) is 186 Å². The van der Waals surface area contributed by atoms with Crippen molar-refractivity contribution in [1.82, 2.24) is 5.32 Å². The molecule has 0 saturated heterocycles. The van der Waals surface area contributed by atoms with Crippen LogP contribution in [0.15, 0.2) is 122 Å². The van der Waals surface area contributed by atoms with E-state index in [1.54, 1.807) is 6.08 Å². The van der Waals surface area contributed by atoms with Gasteiger partial charge in [-0.2, -0.15) is 0 Å². The fourth-order valence-electron chi connectivity index (χ4n) is 10.1. The highest BCUT2D eigenvalue weighted by molar-refractivity contribution is 7.47. The van der Waals surface area contributed by atoms with Crippen molar-refractivity contribution < 1.29 is 32.9 Å². The molecule has 0 saturated carbocycles. The van der Waals surface area contributed by atoms with Crippen LogP contribution in [-0.4, -0.2) is 73.4 Å². The number of hydrogen-bond donors (Lipinski definition) is 3. The standard InChI is InChI=1S/C77H137N2O6P/c1-6-8-10-12-14-16-18-20-22-24-26-28-30-32-34-36-38-39-41-43-45-47-49-51-53-55-57-59-61-63-65-67-69-71-77(81)78-75(74-85-86(82,83)84-73-72-79(3,4)5)76(80)70-68-66-64-62-60-58-56-54-52-50-48-46-44-42-40-37-35-33-31-29-27-25-23-21-19-17-15-13-11-9-7-2/h8,10,14,16,20,22,26,28,32,34,38-39,43,45,49,51,60,62,68,70,75-76,80H,6-7,9,11-13,15,17-19,21,23-25,27,29-31,33,35-37,40-42,44,46-48,50,52-59,61,63-67,69,71-74H2,1-5H3,(H-,78,81,82,83)/p+1/b10-8-,16-14-,22-20-,28-26-,34-32-,39-38-,45-43-,51-49-,62-60+,70-68+. The maximum absolute atomic E-state index is 13.1. The van der Waals surface area contributed by atoms with Crippen molar-refractivity contribution in [3.05, 3.63) is 122 Å². The van der Waals surface area contributed by atoms with Crippen LogP contribution in [0.2, 0.25) is 0 Å². The number of nitrogens with one attached hydrogen (secondary N) is 1. The fraction of sp³-hybridized carbons (Fsp3) is 0.727. The number of aliphatic hydroxyl groups is 1. The van der Waals surface area contributed by atoms with Gasteiger partial charge in [0, 0.05) is 6.42 Å². The quantitative estimate of drug-likeness (QED) is 0.0243. The molecular formula is C77H138N2O6P+. The number of unbranched alkanes of at least 4 members (excludes halogenated alkanes) is 34. The Bertz CT molecular complexity index is 1820. The second kappa shape index (κ2) is 66.3. The zero-order valence-electron chi connectivity index (χ0n) is 56.8. The number of allylic oxidation sites excluding steroid dienone is 19. The summed E-state index contributed by atoms with van der Waals surface area (Å²) in [6, 6.07) is -0.879. The first kappa shape index (κ1) is 82.9. The Morgan fingerprint density at radius 3 is 1.07 bits per heavy atom. The minimum Gasteiger partial charge on any atom is -0.387 e. The van der Waals surface area contributed by atoms with Crippen LogP contribution in [0.5, 0.6) is 0 Å². The normalized spacial score (nSPS) is 14.4. The van der Waals surface area contributed by atoms with E-state index < -0.39 is 20.0 Å². The molecule has 3 N–H and O–H groups in total. The van der Waals surface area contributed by atoms with Gasteiger partial charge in [-0.05, 0) is 96.3 Å². The van der Waals surface area contributed by atoms with Crippen LogP contribution in [0.4, 0.5) is 0 Å². The van der Waals surface area contributed by atoms with Crippen LogP contribution in [0.3, 0.4) is 0 Å². The average molecular weight is 1220 g/mol. The summed E-state index contributed by atoms with van der Waals surface area (Å²) in [6.45, 7) is 4.69. The number of quaternary nitrogens is 1. The lowest BCUT2D eigenvalue weighted by molar-refractivity contribution is -0.870. The zero-order chi connectivity index (χ0) is 62.6. The molecule has 0 aliphatic rings. The van der Waals surface area contributed by atoms with Crippen molar-refractivity contribution in [2.75, 3.05) is 40.9 Å². The van der Waals surface area contributed by atoms with Crippen molar-refractivity contribution in [3.8, 4) is 0 Å². The first-order valence-corrected chi connectivity index (χ1v) is 37.4. The van der Waals surface area contributed by atoms with Gasteiger partial charge >= 0.3 is 7.82 Å². The van der Waals surface area contributed by atoms with Crippen molar-refractivity contribution >= 4 is 13.7 Å². The van der Waals surface area contributed by atoms with Gasteiger partial charge in [0.15, 0.2) is 0 Å². The lowest BCUT2D eigenvalue weighted by atomic mass is 10.0. The Hall–Kier alpha value is -3.10. The molecule has 0 aromatic heterocycles. The summed E-state index contributed by atoms with van der Waals surface area (Å²) < 4.78 is 23.8. The third-order valence-corrected chi connectivity index (χ3v) is 16.6. The first-order valence-electron chi connectivity index (χ1n) is 35.9. The molecule has 0 heterocycles. The molecule has 0 bridgehead atoms. The summed E-state index contributed by atoms with van der Waals surface area (Å²) >= 11 is 0. The molecule has 0 aliphatic carbocycles. The third kappa shape index (κ3) is 68.4. The second-order valence-corrected chi connectivity index (χ2v) is 26.7. The van der Waals surface area contributed by atoms with Gasteiger partial charge in [-0.1, -0.05) is 328 Å². The van der Waals surface area contributed by atoms with E-state index in [0.29, 0.717) is 17.4 Å². The van der Waals surface area contributed by atoms with Crippen LogP contribution in [-0.2, 0) is 18.4 Å². The number of phosphoric ester groups is 1. The van der Waals surface area contributed by atoms with Gasteiger partial charge < -0.3 is 19.8 Å². The van der Waals surface area contributed by atoms with E-state index in [1.807, 2.05) is 27.2 Å². The predicted octanol–water partition coefficient (Wildman–Crippen LogP) is 23.2.